The molecule has 0 radical (unpaired) electrons. The Morgan fingerprint density at radius 3 is 2.25 bits per heavy atom. The molecule has 0 aliphatic rings. The third kappa shape index (κ3) is 15.9. The maximum absolute atomic E-state index is 7.89. The van der Waals surface area contributed by atoms with E-state index in [0.717, 1.165) is 12.8 Å². The van der Waals surface area contributed by atoms with Gasteiger partial charge < -0.3 is 0 Å². The summed E-state index contributed by atoms with van der Waals surface area (Å²) >= 11 is 0. The summed E-state index contributed by atoms with van der Waals surface area (Å²) in [6, 6.07) is 1.94. The van der Waals surface area contributed by atoms with Crippen molar-refractivity contribution in [2.45, 2.75) is 19.8 Å². The monoisotopic (exact) mass is 276 g/mol. The van der Waals surface area contributed by atoms with Crippen molar-refractivity contribution in [3.8, 4) is 6.07 Å². The van der Waals surface area contributed by atoms with Crippen LogP contribution >= 0.6 is 17.0 Å². The molecule has 0 rings (SSSR count). The summed E-state index contributed by atoms with van der Waals surface area (Å²) in [4.78, 5) is 0. The minimum Gasteiger partial charge on any atom is -0.291 e. The van der Waals surface area contributed by atoms with E-state index in [-0.39, 0.29) is 44.3 Å². The topological polar surface area (TPSA) is 23.8 Å². The van der Waals surface area contributed by atoms with Crippen molar-refractivity contribution in [2.75, 3.05) is 0 Å². The molecule has 44 valence electrons. The first-order valence-electron chi connectivity index (χ1n) is 2.13. The van der Waals surface area contributed by atoms with Crippen molar-refractivity contribution in [3.63, 3.8) is 0 Å². The van der Waals surface area contributed by atoms with E-state index < -0.39 is 0 Å². The zero-order valence-corrected chi connectivity index (χ0v) is 10.8. The van der Waals surface area contributed by atoms with E-state index in [1.54, 1.807) is 6.42 Å². The van der Waals surface area contributed by atoms with Crippen molar-refractivity contribution < 1.29 is 27.3 Å². The minimum atomic E-state index is 0. The molecule has 1 nitrogen and oxygen atoms in total. The average Bonchev–Trinajstić information content (AvgIpc) is 1.61. The summed E-state index contributed by atoms with van der Waals surface area (Å²) in [6.07, 6.45) is 3.62. The molecule has 3 heteroatoms. The quantitative estimate of drug-likeness (QED) is 0.430. The van der Waals surface area contributed by atoms with Crippen LogP contribution in [-0.2, 0) is 27.3 Å². The Morgan fingerprint density at radius 1 is 1.62 bits per heavy atom. The van der Waals surface area contributed by atoms with Gasteiger partial charge >= 0.3 is 0 Å². The van der Waals surface area contributed by atoms with Crippen LogP contribution in [0.25, 0.3) is 0 Å². The molecule has 0 spiro atoms. The normalized spacial score (nSPS) is 5.00. The second-order valence-electron chi connectivity index (χ2n) is 1.12. The molecule has 0 amide bonds. The standard InChI is InChI=1S/C5H8N.BrH.Cd/c1-2-3-4-5-6;;/h4H,2-3H2,1H3;1H;/q-1;;. The molecule has 8 heavy (non-hydrogen) atoms. The molecule has 0 saturated carbocycles. The van der Waals surface area contributed by atoms with E-state index in [0.29, 0.717) is 0 Å². The van der Waals surface area contributed by atoms with E-state index in [1.165, 1.54) is 0 Å². The smallest absolute Gasteiger partial charge is 0 e. The summed E-state index contributed by atoms with van der Waals surface area (Å²) in [5.41, 5.74) is 0. The van der Waals surface area contributed by atoms with Crippen LogP contribution in [0.15, 0.2) is 0 Å². The van der Waals surface area contributed by atoms with Crippen molar-refractivity contribution in [1.82, 2.24) is 0 Å². The van der Waals surface area contributed by atoms with Gasteiger partial charge in [0.05, 0.1) is 0 Å². The molecule has 0 unspecified atom stereocenters. The SMILES string of the molecule is Br.CCC[CH-]C#N.[Cd]. The molecule has 0 aromatic rings. The van der Waals surface area contributed by atoms with Crippen LogP contribution in [0, 0.1) is 17.8 Å². The van der Waals surface area contributed by atoms with Crippen LogP contribution < -0.4 is 0 Å². The minimum absolute atomic E-state index is 0. The van der Waals surface area contributed by atoms with Crippen LogP contribution in [0.5, 0.6) is 0 Å². The predicted octanol–water partition coefficient (Wildman–Crippen LogP) is 2.09. The van der Waals surface area contributed by atoms with E-state index in [9.17, 15) is 0 Å². The van der Waals surface area contributed by atoms with E-state index >= 15 is 0 Å². The van der Waals surface area contributed by atoms with E-state index in [1.807, 2.05) is 13.0 Å². The Hall–Kier alpha value is 0.762. The third-order valence-electron chi connectivity index (χ3n) is 0.524. The zero-order valence-electron chi connectivity index (χ0n) is 5.05. The van der Waals surface area contributed by atoms with Crippen molar-refractivity contribution in [1.29, 1.82) is 5.26 Å². The maximum atomic E-state index is 7.89. The molecule has 0 saturated heterocycles. The number of unbranched alkanes of at least 4 members (excludes halogenated alkanes) is 2. The van der Waals surface area contributed by atoms with Gasteiger partial charge in [-0.2, -0.15) is 6.42 Å². The van der Waals surface area contributed by atoms with Crippen LogP contribution in [0.2, 0.25) is 0 Å². The number of hydrogen-bond acceptors (Lipinski definition) is 1. The van der Waals surface area contributed by atoms with Crippen LogP contribution in [0.1, 0.15) is 19.8 Å². The predicted molar refractivity (Wildman–Crippen MR) is 35.1 cm³/mol. The first kappa shape index (κ1) is 15.9. The molecule has 0 aromatic carbocycles. The fourth-order valence-electron chi connectivity index (χ4n) is 0.209. The third-order valence-corrected chi connectivity index (χ3v) is 0.524. The summed E-state index contributed by atoms with van der Waals surface area (Å²) < 4.78 is 0. The van der Waals surface area contributed by atoms with Gasteiger partial charge in [0.2, 0.25) is 0 Å². The Bertz CT molecular complexity index is 59.9. The second-order valence-corrected chi connectivity index (χ2v) is 1.12. The fourth-order valence-corrected chi connectivity index (χ4v) is 0.209. The van der Waals surface area contributed by atoms with Crippen LogP contribution in [0.4, 0.5) is 0 Å². The summed E-state index contributed by atoms with van der Waals surface area (Å²) in [6.45, 7) is 2.05. The van der Waals surface area contributed by atoms with Gasteiger partial charge in [0.25, 0.3) is 0 Å². The second kappa shape index (κ2) is 15.7. The van der Waals surface area contributed by atoms with Crippen molar-refractivity contribution in [3.05, 3.63) is 6.42 Å². The molecule has 0 fully saturated rings. The van der Waals surface area contributed by atoms with Gasteiger partial charge in [-0.3, -0.25) is 6.42 Å². The van der Waals surface area contributed by atoms with Gasteiger partial charge in [0.15, 0.2) is 0 Å². The maximum Gasteiger partial charge on any atom is 0 e. The zero-order chi connectivity index (χ0) is 4.83. The fraction of sp³-hybridized carbons (Fsp3) is 0.600. The Labute approximate surface area is 81.4 Å². The number of hydrogen-bond donors (Lipinski definition) is 0. The number of rotatable bonds is 2. The number of nitriles is 1. The van der Waals surface area contributed by atoms with Gasteiger partial charge in [-0.15, -0.1) is 23.1 Å². The molecular weight excluding hydrogens is 266 g/mol. The first-order chi connectivity index (χ1) is 2.91. The largest absolute Gasteiger partial charge is 0.291 e. The average molecular weight is 275 g/mol. The van der Waals surface area contributed by atoms with Crippen molar-refractivity contribution >= 4 is 17.0 Å². The summed E-state index contributed by atoms with van der Waals surface area (Å²) in [7, 11) is 0. The van der Waals surface area contributed by atoms with E-state index in [4.69, 9.17) is 5.26 Å². The summed E-state index contributed by atoms with van der Waals surface area (Å²) in [5, 5.41) is 7.89. The molecule has 0 bridgehead atoms. The molecule has 0 atom stereocenters. The van der Waals surface area contributed by atoms with Gasteiger partial charge in [-0.05, 0) is 0 Å². The molecular formula is C5H9BrCdN-. The molecule has 0 aromatic heterocycles. The number of nitrogens with zero attached hydrogens (tertiary/aromatic N) is 1. The van der Waals surface area contributed by atoms with Crippen LogP contribution in [0.3, 0.4) is 0 Å². The molecule has 0 aliphatic carbocycles. The molecule has 0 N–H and O–H groups in total. The Morgan fingerprint density at radius 2 is 2.12 bits per heavy atom. The number of halogens is 1. The summed E-state index contributed by atoms with van der Waals surface area (Å²) in [5.74, 6) is 0. The van der Waals surface area contributed by atoms with Gasteiger partial charge in [0.1, 0.15) is 0 Å². The van der Waals surface area contributed by atoms with Gasteiger partial charge in [-0.1, -0.05) is 13.3 Å². The Balaban J connectivity index is -0.000000125. The Kier molecular flexibility index (Phi) is 31.1. The van der Waals surface area contributed by atoms with Gasteiger partial charge in [0, 0.05) is 27.3 Å². The van der Waals surface area contributed by atoms with Gasteiger partial charge in [-0.25, -0.2) is 5.26 Å². The molecule has 0 aliphatic heterocycles. The first-order valence-corrected chi connectivity index (χ1v) is 2.13. The van der Waals surface area contributed by atoms with Crippen LogP contribution in [-0.4, -0.2) is 0 Å². The van der Waals surface area contributed by atoms with Crippen molar-refractivity contribution in [2.24, 2.45) is 0 Å². The van der Waals surface area contributed by atoms with E-state index in [2.05, 4.69) is 0 Å². The molecule has 0 heterocycles.